The molecule has 0 spiro atoms. The van der Waals surface area contributed by atoms with Gasteiger partial charge in [-0.1, -0.05) is 29.3 Å². The fraction of sp³-hybridized carbons (Fsp3) is 0.552. The average Bonchev–Trinajstić information content (AvgIpc) is 3.49. The van der Waals surface area contributed by atoms with Crippen LogP contribution in [0.3, 0.4) is 0 Å². The van der Waals surface area contributed by atoms with Crippen LogP contribution in [0.2, 0.25) is 10.0 Å². The molecule has 0 radical (unpaired) electrons. The number of halogens is 8. The quantitative estimate of drug-likeness (QED) is 0.395. The number of nitrogens with one attached hydrogen (secondary N) is 1. The molecule has 2 aromatic carbocycles. The Morgan fingerprint density at radius 1 is 0.810 bits per heavy atom. The molecule has 3 aliphatic rings. The van der Waals surface area contributed by atoms with Gasteiger partial charge in [0.1, 0.15) is 0 Å². The maximum Gasteiger partial charge on any atom is 0.416 e. The van der Waals surface area contributed by atoms with Crippen molar-refractivity contribution in [2.45, 2.75) is 56.2 Å². The Balaban J connectivity index is 1.39. The number of alkyl halides is 6. The fourth-order valence-electron chi connectivity index (χ4n) is 6.42. The highest BCUT2D eigenvalue weighted by molar-refractivity contribution is 6.42. The van der Waals surface area contributed by atoms with E-state index in [9.17, 15) is 31.1 Å². The number of amides is 1. The molecule has 42 heavy (non-hydrogen) atoms. The van der Waals surface area contributed by atoms with Crippen molar-refractivity contribution in [1.82, 2.24) is 20.0 Å². The zero-order valence-electron chi connectivity index (χ0n) is 22.7. The summed E-state index contributed by atoms with van der Waals surface area (Å²) in [4.78, 5) is 20.0. The normalized spacial score (nSPS) is 24.8. The van der Waals surface area contributed by atoms with E-state index in [2.05, 4.69) is 15.1 Å². The third kappa shape index (κ3) is 7.18. The van der Waals surface area contributed by atoms with Crippen LogP contribution in [0.1, 0.15) is 46.3 Å². The van der Waals surface area contributed by atoms with Crippen molar-refractivity contribution in [2.75, 3.05) is 45.8 Å². The highest BCUT2D eigenvalue weighted by Gasteiger charge is 2.40. The summed E-state index contributed by atoms with van der Waals surface area (Å²) in [5.41, 5.74) is -2.88. The van der Waals surface area contributed by atoms with Crippen molar-refractivity contribution in [3.8, 4) is 0 Å². The monoisotopic (exact) mass is 636 g/mol. The van der Waals surface area contributed by atoms with Gasteiger partial charge in [-0.05, 0) is 68.1 Å². The van der Waals surface area contributed by atoms with Gasteiger partial charge in [0, 0.05) is 63.0 Å². The third-order valence-electron chi connectivity index (χ3n) is 8.65. The minimum absolute atomic E-state index is 0.0392. The molecule has 0 aliphatic carbocycles. The second-order valence-electron chi connectivity index (χ2n) is 11.3. The average molecular weight is 637 g/mol. The summed E-state index contributed by atoms with van der Waals surface area (Å²) in [5, 5.41) is 4.08. The van der Waals surface area contributed by atoms with Crippen LogP contribution in [-0.4, -0.2) is 84.5 Å². The van der Waals surface area contributed by atoms with E-state index < -0.39 is 41.0 Å². The predicted molar refractivity (Wildman–Crippen MR) is 149 cm³/mol. The summed E-state index contributed by atoms with van der Waals surface area (Å²) in [7, 11) is 0. The van der Waals surface area contributed by atoms with E-state index in [-0.39, 0.29) is 18.7 Å². The van der Waals surface area contributed by atoms with Crippen molar-refractivity contribution in [2.24, 2.45) is 0 Å². The molecule has 3 unspecified atom stereocenters. The summed E-state index contributed by atoms with van der Waals surface area (Å²) in [6.45, 7) is 5.77. The first-order chi connectivity index (χ1) is 19.8. The Hall–Kier alpha value is -2.05. The number of piperazine rings is 1. The molecule has 3 saturated heterocycles. The van der Waals surface area contributed by atoms with Gasteiger partial charge in [-0.3, -0.25) is 14.6 Å². The van der Waals surface area contributed by atoms with E-state index in [4.69, 9.17) is 23.2 Å². The number of piperidine rings is 1. The van der Waals surface area contributed by atoms with Crippen molar-refractivity contribution in [3.63, 3.8) is 0 Å². The zero-order chi connectivity index (χ0) is 30.2. The van der Waals surface area contributed by atoms with Gasteiger partial charge in [0.15, 0.2) is 0 Å². The van der Waals surface area contributed by atoms with E-state index in [0.717, 1.165) is 51.3 Å². The Morgan fingerprint density at radius 2 is 1.43 bits per heavy atom. The molecule has 230 valence electrons. The van der Waals surface area contributed by atoms with Crippen LogP contribution in [-0.2, 0) is 18.8 Å². The first kappa shape index (κ1) is 31.4. The minimum Gasteiger partial charge on any atom is -0.335 e. The molecule has 3 fully saturated rings. The molecular formula is C29H32Cl2F6N4O. The molecule has 5 nitrogen and oxygen atoms in total. The van der Waals surface area contributed by atoms with Crippen LogP contribution in [0.4, 0.5) is 26.3 Å². The minimum atomic E-state index is -5.04. The number of nitrogens with zero attached hydrogens (tertiary/aromatic N) is 3. The summed E-state index contributed by atoms with van der Waals surface area (Å²) in [6.07, 6.45) is -7.53. The lowest BCUT2D eigenvalue weighted by atomic mass is 9.90. The summed E-state index contributed by atoms with van der Waals surface area (Å²) in [5.74, 6) is -0.853. The highest BCUT2D eigenvalue weighted by Crippen LogP contribution is 2.37. The molecule has 5 rings (SSSR count). The third-order valence-corrected chi connectivity index (χ3v) is 9.39. The molecule has 0 saturated carbocycles. The summed E-state index contributed by atoms with van der Waals surface area (Å²) in [6, 6.07) is 6.32. The lowest BCUT2D eigenvalue weighted by molar-refractivity contribution is -0.143. The Labute approximate surface area is 250 Å². The van der Waals surface area contributed by atoms with Crippen molar-refractivity contribution >= 4 is 29.1 Å². The molecule has 3 aliphatic heterocycles. The molecule has 1 amide bonds. The Kier molecular flexibility index (Phi) is 9.35. The number of hydrogen-bond acceptors (Lipinski definition) is 4. The summed E-state index contributed by atoms with van der Waals surface area (Å²) < 4.78 is 81.2. The molecule has 13 heteroatoms. The van der Waals surface area contributed by atoms with Crippen LogP contribution in [0.25, 0.3) is 0 Å². The molecule has 3 atom stereocenters. The van der Waals surface area contributed by atoms with Crippen LogP contribution < -0.4 is 5.32 Å². The number of rotatable bonds is 5. The molecule has 2 aromatic rings. The lowest BCUT2D eigenvalue weighted by Gasteiger charge is -2.47. The van der Waals surface area contributed by atoms with Gasteiger partial charge in [-0.2, -0.15) is 26.3 Å². The Morgan fingerprint density at radius 3 is 1.98 bits per heavy atom. The standard InChI is InChI=1S/C29H32Cl2F6N4O/c30-25-2-1-18(12-26(25)31)11-24-16-22(39-7-9-40(10-8-39)23-3-5-38-17-23)4-6-41(24)27(42)19-13-20(28(32,33)34)15-21(14-19)29(35,36)37/h1-2,12-15,22-24,38H,3-11,16-17H2. The SMILES string of the molecule is O=C(c1cc(C(F)(F)F)cc(C(F)(F)F)c1)N1CCC(N2CCN(C3CCNC3)CC2)CC1Cc1ccc(Cl)c(Cl)c1. The molecule has 3 heterocycles. The lowest BCUT2D eigenvalue weighted by Crippen LogP contribution is -2.58. The molecule has 0 bridgehead atoms. The van der Waals surface area contributed by atoms with E-state index in [1.54, 1.807) is 18.2 Å². The number of carbonyl (C=O) groups excluding carboxylic acids is 1. The second kappa shape index (κ2) is 12.5. The number of hydrogen-bond donors (Lipinski definition) is 1. The topological polar surface area (TPSA) is 38.8 Å². The number of likely N-dealkylation sites (tertiary alicyclic amines) is 1. The predicted octanol–water partition coefficient (Wildman–Crippen LogP) is 6.23. The number of benzene rings is 2. The van der Waals surface area contributed by atoms with E-state index >= 15 is 0 Å². The first-order valence-electron chi connectivity index (χ1n) is 14.0. The first-order valence-corrected chi connectivity index (χ1v) is 14.8. The van der Waals surface area contributed by atoms with Gasteiger partial charge in [-0.15, -0.1) is 0 Å². The van der Waals surface area contributed by atoms with E-state index in [1.807, 2.05) is 0 Å². The molecule has 0 aromatic heterocycles. The van der Waals surface area contributed by atoms with Gasteiger partial charge in [0.2, 0.25) is 0 Å². The molecular weight excluding hydrogens is 605 g/mol. The Bertz CT molecular complexity index is 1240. The van der Waals surface area contributed by atoms with Crippen molar-refractivity contribution in [1.29, 1.82) is 0 Å². The maximum atomic E-state index is 13.7. The van der Waals surface area contributed by atoms with Crippen LogP contribution >= 0.6 is 23.2 Å². The van der Waals surface area contributed by atoms with Crippen molar-refractivity contribution in [3.05, 3.63) is 68.7 Å². The second-order valence-corrected chi connectivity index (χ2v) is 12.1. The van der Waals surface area contributed by atoms with Crippen LogP contribution in [0.15, 0.2) is 36.4 Å². The fourth-order valence-corrected chi connectivity index (χ4v) is 6.74. The molecule has 1 N–H and O–H groups in total. The van der Waals surface area contributed by atoms with Gasteiger partial charge < -0.3 is 10.2 Å². The van der Waals surface area contributed by atoms with Crippen molar-refractivity contribution < 1.29 is 31.1 Å². The van der Waals surface area contributed by atoms with Gasteiger partial charge in [0.05, 0.1) is 21.2 Å². The number of carbonyl (C=O) groups is 1. The zero-order valence-corrected chi connectivity index (χ0v) is 24.3. The van der Waals surface area contributed by atoms with E-state index in [0.29, 0.717) is 47.5 Å². The van der Waals surface area contributed by atoms with Gasteiger partial charge in [0.25, 0.3) is 5.91 Å². The van der Waals surface area contributed by atoms with E-state index in [1.165, 1.54) is 4.90 Å². The van der Waals surface area contributed by atoms with Crippen LogP contribution in [0.5, 0.6) is 0 Å². The largest absolute Gasteiger partial charge is 0.416 e. The van der Waals surface area contributed by atoms with Gasteiger partial charge in [-0.25, -0.2) is 0 Å². The summed E-state index contributed by atoms with van der Waals surface area (Å²) >= 11 is 12.3. The highest BCUT2D eigenvalue weighted by atomic mass is 35.5. The maximum absolute atomic E-state index is 13.7. The van der Waals surface area contributed by atoms with Gasteiger partial charge >= 0.3 is 12.4 Å². The van der Waals surface area contributed by atoms with Crippen LogP contribution in [0, 0.1) is 0 Å². The smallest absolute Gasteiger partial charge is 0.335 e.